The minimum Gasteiger partial charge on any atom is -0.337 e. The molecular weight excluding hydrogens is 393 g/mol. The van der Waals surface area contributed by atoms with Gasteiger partial charge in [0.25, 0.3) is 5.91 Å². The highest BCUT2D eigenvalue weighted by Gasteiger charge is 2.21. The SMILES string of the molecule is [C-]#[N+]c1ccc(-c2cc(C(=O)N3CCCNCC3)sc2Br)cc1F. The zero-order valence-corrected chi connectivity index (χ0v) is 15.2. The molecule has 1 N–H and O–H groups in total. The van der Waals surface area contributed by atoms with Gasteiger partial charge in [-0.1, -0.05) is 12.1 Å². The van der Waals surface area contributed by atoms with Crippen LogP contribution in [0.4, 0.5) is 10.1 Å². The zero-order valence-electron chi connectivity index (χ0n) is 12.8. The number of hydrogen-bond acceptors (Lipinski definition) is 3. The molecule has 0 unspecified atom stereocenters. The largest absolute Gasteiger partial charge is 0.337 e. The summed E-state index contributed by atoms with van der Waals surface area (Å²) < 4.78 is 14.6. The summed E-state index contributed by atoms with van der Waals surface area (Å²) in [5, 5.41) is 3.28. The Kier molecular flexibility index (Phi) is 5.29. The fraction of sp³-hybridized carbons (Fsp3) is 0.294. The molecule has 7 heteroatoms. The van der Waals surface area contributed by atoms with Gasteiger partial charge in [0.1, 0.15) is 5.82 Å². The highest BCUT2D eigenvalue weighted by atomic mass is 79.9. The highest BCUT2D eigenvalue weighted by molar-refractivity contribution is 9.11. The Labute approximate surface area is 152 Å². The standard InChI is InChI=1S/C17H15BrFN3OS/c1-20-14-4-3-11(9-13(14)19)12-10-15(24-16(12)18)17(23)22-7-2-5-21-6-8-22/h3-4,9-10,21H,2,5-8H2. The second-order valence-corrected chi connectivity index (χ2v) is 7.84. The molecule has 2 heterocycles. The van der Waals surface area contributed by atoms with E-state index in [-0.39, 0.29) is 11.6 Å². The lowest BCUT2D eigenvalue weighted by Gasteiger charge is -2.18. The van der Waals surface area contributed by atoms with Gasteiger partial charge in [-0.05, 0) is 46.6 Å². The van der Waals surface area contributed by atoms with Crippen molar-refractivity contribution in [1.82, 2.24) is 10.2 Å². The molecule has 2 aromatic rings. The summed E-state index contributed by atoms with van der Waals surface area (Å²) in [6, 6.07) is 6.29. The molecule has 0 atom stereocenters. The molecule has 1 aromatic heterocycles. The van der Waals surface area contributed by atoms with Crippen molar-refractivity contribution < 1.29 is 9.18 Å². The average molecular weight is 408 g/mol. The van der Waals surface area contributed by atoms with E-state index in [0.717, 1.165) is 35.4 Å². The molecule has 0 radical (unpaired) electrons. The molecule has 1 fully saturated rings. The Morgan fingerprint density at radius 1 is 1.33 bits per heavy atom. The third-order valence-electron chi connectivity index (χ3n) is 3.90. The van der Waals surface area contributed by atoms with Crippen molar-refractivity contribution >= 4 is 38.9 Å². The van der Waals surface area contributed by atoms with Crippen LogP contribution in [0.1, 0.15) is 16.1 Å². The number of nitrogens with one attached hydrogen (secondary N) is 1. The van der Waals surface area contributed by atoms with Gasteiger partial charge in [0.15, 0.2) is 0 Å². The maximum Gasteiger partial charge on any atom is 0.264 e. The van der Waals surface area contributed by atoms with Crippen LogP contribution in [0.3, 0.4) is 0 Å². The van der Waals surface area contributed by atoms with Gasteiger partial charge in [-0.2, -0.15) is 0 Å². The minimum atomic E-state index is -0.549. The Balaban J connectivity index is 1.88. The molecule has 1 aliphatic rings. The third kappa shape index (κ3) is 3.51. The van der Waals surface area contributed by atoms with Crippen LogP contribution in [0.5, 0.6) is 0 Å². The van der Waals surface area contributed by atoms with E-state index in [0.29, 0.717) is 17.0 Å². The summed E-state index contributed by atoms with van der Waals surface area (Å²) in [6.45, 7) is 10.1. The zero-order chi connectivity index (χ0) is 17.1. The van der Waals surface area contributed by atoms with Crippen molar-refractivity contribution in [2.45, 2.75) is 6.42 Å². The predicted octanol–water partition coefficient (Wildman–Crippen LogP) is 4.30. The number of halogens is 2. The third-order valence-corrected chi connectivity index (χ3v) is 5.73. The maximum atomic E-state index is 13.9. The quantitative estimate of drug-likeness (QED) is 0.753. The summed E-state index contributed by atoms with van der Waals surface area (Å²) in [5.74, 6) is -0.541. The molecule has 4 nitrogen and oxygen atoms in total. The van der Waals surface area contributed by atoms with Crippen LogP contribution in [-0.2, 0) is 0 Å². The number of nitrogens with zero attached hydrogens (tertiary/aromatic N) is 2. The number of rotatable bonds is 2. The molecule has 24 heavy (non-hydrogen) atoms. The topological polar surface area (TPSA) is 36.7 Å². The fourth-order valence-corrected chi connectivity index (χ4v) is 4.38. The summed E-state index contributed by atoms with van der Waals surface area (Å²) in [7, 11) is 0. The first-order valence-electron chi connectivity index (χ1n) is 7.57. The molecule has 1 aromatic carbocycles. The van der Waals surface area contributed by atoms with Crippen molar-refractivity contribution in [2.24, 2.45) is 0 Å². The van der Waals surface area contributed by atoms with E-state index in [1.165, 1.54) is 23.5 Å². The monoisotopic (exact) mass is 407 g/mol. The maximum absolute atomic E-state index is 13.9. The molecule has 0 saturated carbocycles. The highest BCUT2D eigenvalue weighted by Crippen LogP contribution is 2.37. The van der Waals surface area contributed by atoms with E-state index in [1.54, 1.807) is 12.1 Å². The second kappa shape index (κ2) is 7.43. The van der Waals surface area contributed by atoms with Gasteiger partial charge in [0.05, 0.1) is 15.2 Å². The lowest BCUT2D eigenvalue weighted by atomic mass is 10.1. The molecule has 3 rings (SSSR count). The molecule has 124 valence electrons. The van der Waals surface area contributed by atoms with E-state index < -0.39 is 5.82 Å². The van der Waals surface area contributed by atoms with Crippen molar-refractivity contribution in [1.29, 1.82) is 0 Å². The van der Waals surface area contributed by atoms with Crippen molar-refractivity contribution in [2.75, 3.05) is 26.2 Å². The summed E-state index contributed by atoms with van der Waals surface area (Å²) in [6.07, 6.45) is 0.939. The molecule has 0 aliphatic carbocycles. The van der Waals surface area contributed by atoms with Crippen LogP contribution in [-0.4, -0.2) is 37.0 Å². The second-order valence-electron chi connectivity index (χ2n) is 5.47. The first-order valence-corrected chi connectivity index (χ1v) is 9.18. The summed E-state index contributed by atoms with van der Waals surface area (Å²) in [5.41, 5.74) is 1.42. The fourth-order valence-electron chi connectivity index (χ4n) is 2.64. The van der Waals surface area contributed by atoms with Crippen LogP contribution in [0.2, 0.25) is 0 Å². The first kappa shape index (κ1) is 17.1. The van der Waals surface area contributed by atoms with Crippen LogP contribution < -0.4 is 5.32 Å². The minimum absolute atomic E-state index is 0.00142. The average Bonchev–Trinajstić information content (AvgIpc) is 2.79. The van der Waals surface area contributed by atoms with Gasteiger partial charge in [0.2, 0.25) is 5.69 Å². The lowest BCUT2D eigenvalue weighted by Crippen LogP contribution is -2.33. The molecule has 0 bridgehead atoms. The van der Waals surface area contributed by atoms with Gasteiger partial charge >= 0.3 is 0 Å². The van der Waals surface area contributed by atoms with E-state index in [9.17, 15) is 9.18 Å². The molecule has 1 aliphatic heterocycles. The number of benzene rings is 1. The number of thiophene rings is 1. The van der Waals surface area contributed by atoms with Crippen molar-refractivity contribution in [3.63, 3.8) is 0 Å². The molecule has 1 saturated heterocycles. The Morgan fingerprint density at radius 2 is 2.17 bits per heavy atom. The van der Waals surface area contributed by atoms with Gasteiger partial charge in [-0.3, -0.25) is 4.79 Å². The van der Waals surface area contributed by atoms with Crippen molar-refractivity contribution in [3.05, 3.63) is 50.2 Å². The summed E-state index contributed by atoms with van der Waals surface area (Å²) >= 11 is 4.83. The van der Waals surface area contributed by atoms with Crippen molar-refractivity contribution in [3.8, 4) is 11.1 Å². The summed E-state index contributed by atoms with van der Waals surface area (Å²) in [4.78, 5) is 18.3. The van der Waals surface area contributed by atoms with Crippen LogP contribution in [0.25, 0.3) is 16.0 Å². The van der Waals surface area contributed by atoms with Gasteiger partial charge in [-0.25, -0.2) is 9.24 Å². The normalized spacial score (nSPS) is 15.0. The van der Waals surface area contributed by atoms with Crippen LogP contribution in [0.15, 0.2) is 28.1 Å². The Hall–Kier alpha value is -1.75. The van der Waals surface area contributed by atoms with E-state index in [2.05, 4.69) is 26.1 Å². The Bertz CT molecular complexity index is 807. The smallest absolute Gasteiger partial charge is 0.264 e. The number of amides is 1. The van der Waals surface area contributed by atoms with E-state index in [1.807, 2.05) is 4.90 Å². The molecule has 0 spiro atoms. The predicted molar refractivity (Wildman–Crippen MR) is 97.1 cm³/mol. The first-order chi connectivity index (χ1) is 11.6. The van der Waals surface area contributed by atoms with Gasteiger partial charge < -0.3 is 10.2 Å². The van der Waals surface area contributed by atoms with Crippen LogP contribution in [0, 0.1) is 12.4 Å². The lowest BCUT2D eigenvalue weighted by molar-refractivity contribution is 0.0771. The van der Waals surface area contributed by atoms with Crippen LogP contribution >= 0.6 is 27.3 Å². The van der Waals surface area contributed by atoms with Gasteiger partial charge in [0, 0.05) is 25.2 Å². The van der Waals surface area contributed by atoms with Gasteiger partial charge in [-0.15, -0.1) is 11.3 Å². The number of carbonyl (C=O) groups excluding carboxylic acids is 1. The van der Waals surface area contributed by atoms with E-state index in [4.69, 9.17) is 6.57 Å². The number of hydrogen-bond donors (Lipinski definition) is 1. The Morgan fingerprint density at radius 3 is 2.92 bits per heavy atom. The number of carbonyl (C=O) groups is 1. The van der Waals surface area contributed by atoms with E-state index >= 15 is 0 Å². The molecule has 1 amide bonds. The molecular formula is C17H15BrFN3OS.